The molecule has 1 aromatic heterocycles. The van der Waals surface area contributed by atoms with Crippen molar-refractivity contribution in [2.75, 3.05) is 19.3 Å². The van der Waals surface area contributed by atoms with Crippen molar-refractivity contribution in [1.82, 2.24) is 14.5 Å². The van der Waals surface area contributed by atoms with E-state index in [4.69, 9.17) is 0 Å². The molecule has 1 N–H and O–H groups in total. The lowest BCUT2D eigenvalue weighted by Gasteiger charge is -2.32. The number of aromatic nitrogens is 2. The lowest BCUT2D eigenvalue weighted by atomic mass is 10.0. The van der Waals surface area contributed by atoms with Crippen LogP contribution in [0.1, 0.15) is 42.1 Å². The first kappa shape index (κ1) is 20.5. The second-order valence-corrected chi connectivity index (χ2v) is 8.46. The van der Waals surface area contributed by atoms with E-state index in [1.807, 2.05) is 64.3 Å². The van der Waals surface area contributed by atoms with Crippen molar-refractivity contribution in [2.24, 2.45) is 0 Å². The normalized spacial score (nSPS) is 14.9. The van der Waals surface area contributed by atoms with Crippen LogP contribution in [-0.4, -0.2) is 45.5 Å². The van der Waals surface area contributed by atoms with Gasteiger partial charge in [0, 0.05) is 42.4 Å². The number of nitrogens with one attached hydrogen (secondary N) is 1. The van der Waals surface area contributed by atoms with Crippen LogP contribution in [0.15, 0.2) is 58.2 Å². The molecule has 1 amide bonds. The lowest BCUT2D eigenvalue weighted by molar-refractivity contribution is -0.132. The zero-order valence-corrected chi connectivity index (χ0v) is 17.8. The van der Waals surface area contributed by atoms with E-state index in [2.05, 4.69) is 4.98 Å². The molecule has 6 nitrogen and oxygen atoms in total. The first-order valence-electron chi connectivity index (χ1n) is 10.2. The molecule has 0 unspecified atom stereocenters. The molecule has 0 atom stereocenters. The van der Waals surface area contributed by atoms with Crippen molar-refractivity contribution < 1.29 is 9.59 Å². The van der Waals surface area contributed by atoms with E-state index in [0.717, 1.165) is 28.8 Å². The molecule has 2 aromatic carbocycles. The van der Waals surface area contributed by atoms with Crippen LogP contribution in [0.4, 0.5) is 0 Å². The van der Waals surface area contributed by atoms with Crippen molar-refractivity contribution in [3.63, 3.8) is 0 Å². The second kappa shape index (κ2) is 8.92. The van der Waals surface area contributed by atoms with Crippen molar-refractivity contribution in [1.29, 1.82) is 0 Å². The molecule has 156 valence electrons. The third kappa shape index (κ3) is 4.21. The summed E-state index contributed by atoms with van der Waals surface area (Å²) in [5.41, 5.74) is 2.30. The Bertz CT molecular complexity index is 1110. The van der Waals surface area contributed by atoms with E-state index < -0.39 is 0 Å². The Labute approximate surface area is 179 Å². The summed E-state index contributed by atoms with van der Waals surface area (Å²) in [4.78, 5) is 43.2. The molecule has 2 heterocycles. The van der Waals surface area contributed by atoms with E-state index >= 15 is 0 Å². The minimum atomic E-state index is -0.0981. The fourth-order valence-corrected chi connectivity index (χ4v) is 4.52. The molecular formula is C23H25N3O3S. The Morgan fingerprint density at radius 2 is 1.73 bits per heavy atom. The van der Waals surface area contributed by atoms with Gasteiger partial charge in [0.2, 0.25) is 5.91 Å². The summed E-state index contributed by atoms with van der Waals surface area (Å²) in [5, 5.41) is 0. The summed E-state index contributed by atoms with van der Waals surface area (Å²) >= 11 is 1.63. The van der Waals surface area contributed by atoms with E-state index in [1.54, 1.807) is 11.8 Å². The molecule has 1 saturated heterocycles. The smallest absolute Gasteiger partial charge is 0.326 e. The third-order valence-corrected chi connectivity index (χ3v) is 6.53. The Morgan fingerprint density at radius 1 is 1.03 bits per heavy atom. The highest BCUT2D eigenvalue weighted by molar-refractivity contribution is 7.98. The number of H-pyrrole nitrogens is 1. The van der Waals surface area contributed by atoms with Gasteiger partial charge in [0.05, 0.1) is 11.0 Å². The fraction of sp³-hybridized carbons (Fsp3) is 0.348. The minimum Gasteiger partial charge on any atom is -0.343 e. The van der Waals surface area contributed by atoms with Gasteiger partial charge in [-0.05, 0) is 43.4 Å². The number of ketones is 1. The number of hydrogen-bond acceptors (Lipinski definition) is 4. The van der Waals surface area contributed by atoms with E-state index in [9.17, 15) is 14.4 Å². The number of rotatable bonds is 6. The lowest BCUT2D eigenvalue weighted by Crippen LogP contribution is -2.40. The molecule has 1 fully saturated rings. The maximum absolute atomic E-state index is 12.6. The third-order valence-electron chi connectivity index (χ3n) is 5.78. The van der Waals surface area contributed by atoms with Gasteiger partial charge in [0.25, 0.3) is 0 Å². The summed E-state index contributed by atoms with van der Waals surface area (Å²) in [6, 6.07) is 15.3. The summed E-state index contributed by atoms with van der Waals surface area (Å²) in [5.74, 6) is 0.00467. The molecule has 1 aliphatic heterocycles. The Morgan fingerprint density at radius 3 is 2.43 bits per heavy atom. The van der Waals surface area contributed by atoms with Crippen molar-refractivity contribution in [2.45, 2.75) is 36.6 Å². The van der Waals surface area contributed by atoms with Crippen LogP contribution in [0.25, 0.3) is 11.0 Å². The Balaban J connectivity index is 1.32. The minimum absolute atomic E-state index is 0.00349. The van der Waals surface area contributed by atoms with Gasteiger partial charge in [-0.1, -0.05) is 24.3 Å². The molecule has 0 spiro atoms. The van der Waals surface area contributed by atoms with E-state index in [-0.39, 0.29) is 36.3 Å². The zero-order chi connectivity index (χ0) is 21.1. The molecule has 3 aromatic rings. The number of benzene rings is 2. The van der Waals surface area contributed by atoms with Gasteiger partial charge in [0.1, 0.15) is 0 Å². The molecule has 0 aliphatic carbocycles. The van der Waals surface area contributed by atoms with Gasteiger partial charge in [0.15, 0.2) is 5.78 Å². The highest BCUT2D eigenvalue weighted by Crippen LogP contribution is 2.25. The molecule has 7 heteroatoms. The number of nitrogens with zero attached hydrogens (tertiary/aromatic N) is 2. The van der Waals surface area contributed by atoms with Gasteiger partial charge >= 0.3 is 5.69 Å². The van der Waals surface area contributed by atoms with E-state index in [1.165, 1.54) is 0 Å². The summed E-state index contributed by atoms with van der Waals surface area (Å²) in [7, 11) is 0. The van der Waals surface area contributed by atoms with Crippen LogP contribution in [0, 0.1) is 0 Å². The average molecular weight is 424 g/mol. The quantitative estimate of drug-likeness (QED) is 0.482. The average Bonchev–Trinajstić information content (AvgIpc) is 3.13. The van der Waals surface area contributed by atoms with Crippen LogP contribution >= 0.6 is 11.8 Å². The van der Waals surface area contributed by atoms with Crippen molar-refractivity contribution in [3.05, 3.63) is 64.6 Å². The zero-order valence-electron chi connectivity index (χ0n) is 17.0. The van der Waals surface area contributed by atoms with Gasteiger partial charge in [-0.15, -0.1) is 11.8 Å². The highest BCUT2D eigenvalue weighted by atomic mass is 32.2. The van der Waals surface area contributed by atoms with Crippen LogP contribution in [0.5, 0.6) is 0 Å². The topological polar surface area (TPSA) is 75.2 Å². The maximum Gasteiger partial charge on any atom is 0.326 e. The van der Waals surface area contributed by atoms with E-state index in [0.29, 0.717) is 18.7 Å². The molecule has 1 aliphatic rings. The number of thioether (sulfide) groups is 1. The number of Topliss-reactive ketones (excluding diaryl/α,β-unsaturated/α-hetero) is 1. The first-order chi connectivity index (χ1) is 14.6. The number of hydrogen-bond donors (Lipinski definition) is 1. The van der Waals surface area contributed by atoms with Crippen molar-refractivity contribution >= 4 is 34.5 Å². The number of para-hydroxylation sites is 2. The predicted molar refractivity (Wildman–Crippen MR) is 119 cm³/mol. The van der Waals surface area contributed by atoms with Gasteiger partial charge in [-0.25, -0.2) is 4.79 Å². The number of aromatic amines is 1. The second-order valence-electron chi connectivity index (χ2n) is 7.58. The highest BCUT2D eigenvalue weighted by Gasteiger charge is 2.26. The van der Waals surface area contributed by atoms with Crippen molar-refractivity contribution in [3.8, 4) is 0 Å². The number of fused-ring (bicyclic) bond motifs is 1. The molecule has 0 radical (unpaired) electrons. The number of amides is 1. The number of carbonyl (C=O) groups excluding carboxylic acids is 2. The Hall–Kier alpha value is -2.80. The van der Waals surface area contributed by atoms with Gasteiger partial charge in [-0.3, -0.25) is 14.2 Å². The van der Waals surface area contributed by atoms with Gasteiger partial charge < -0.3 is 9.88 Å². The first-order valence-corrected chi connectivity index (χ1v) is 11.4. The predicted octanol–water partition coefficient (Wildman–Crippen LogP) is 3.88. The Kier molecular flexibility index (Phi) is 6.08. The fourth-order valence-electron chi connectivity index (χ4n) is 4.11. The molecule has 30 heavy (non-hydrogen) atoms. The number of likely N-dealkylation sites (tertiary alicyclic amines) is 1. The molecule has 0 saturated carbocycles. The monoisotopic (exact) mass is 423 g/mol. The standard InChI is InChI=1S/C23H25N3O3S/c1-30-18-8-6-16(7-9-18)21(27)10-11-22(28)25-14-12-17(13-15-25)26-20-5-3-2-4-19(20)24-23(26)29/h2-9,17H,10-15H2,1H3,(H,24,29). The number of piperidine rings is 1. The maximum atomic E-state index is 12.6. The molecular weight excluding hydrogens is 398 g/mol. The molecule has 4 rings (SSSR count). The van der Waals surface area contributed by atoms with Crippen LogP contribution in [0.3, 0.4) is 0 Å². The number of carbonyl (C=O) groups is 2. The van der Waals surface area contributed by atoms with Crippen LogP contribution in [0.2, 0.25) is 0 Å². The number of imidazole rings is 1. The summed E-state index contributed by atoms with van der Waals surface area (Å²) < 4.78 is 1.82. The van der Waals surface area contributed by atoms with Crippen LogP contribution in [-0.2, 0) is 4.79 Å². The largest absolute Gasteiger partial charge is 0.343 e. The molecule has 0 bridgehead atoms. The van der Waals surface area contributed by atoms with Gasteiger partial charge in [-0.2, -0.15) is 0 Å². The summed E-state index contributed by atoms with van der Waals surface area (Å²) in [6.45, 7) is 1.21. The summed E-state index contributed by atoms with van der Waals surface area (Å²) in [6.07, 6.45) is 3.91. The van der Waals surface area contributed by atoms with Crippen LogP contribution < -0.4 is 5.69 Å². The SMILES string of the molecule is CSc1ccc(C(=O)CCC(=O)N2CCC(n3c(=O)[nH]c4ccccc43)CC2)cc1.